The first-order chi connectivity index (χ1) is 9.60. The first kappa shape index (κ1) is 13.4. The van der Waals surface area contributed by atoms with Gasteiger partial charge in [0.1, 0.15) is 0 Å². The molecule has 0 aliphatic carbocycles. The van der Waals surface area contributed by atoms with E-state index in [4.69, 9.17) is 4.98 Å². The normalized spacial score (nSPS) is 15.7. The number of amides is 1. The molecule has 1 aromatic carbocycles. The predicted molar refractivity (Wildman–Crippen MR) is 83.5 cm³/mol. The highest BCUT2D eigenvalue weighted by Crippen LogP contribution is 2.35. The minimum absolute atomic E-state index is 0.108. The highest BCUT2D eigenvalue weighted by atomic mass is 32.1. The van der Waals surface area contributed by atoms with Gasteiger partial charge in [0.2, 0.25) is 5.91 Å². The van der Waals surface area contributed by atoms with Gasteiger partial charge in [-0.25, -0.2) is 4.98 Å². The Hall–Kier alpha value is -1.62. The zero-order chi connectivity index (χ0) is 14.3. The van der Waals surface area contributed by atoms with Gasteiger partial charge in [0, 0.05) is 20.1 Å². The Morgan fingerprint density at radius 1 is 1.45 bits per heavy atom. The monoisotopic (exact) mass is 289 g/mol. The predicted octanol–water partition coefficient (Wildman–Crippen LogP) is 2.60. The number of aromatic nitrogens is 1. The molecule has 106 valence electrons. The molecule has 1 fully saturated rings. The lowest BCUT2D eigenvalue weighted by atomic mass is 10.0. The van der Waals surface area contributed by atoms with Crippen LogP contribution in [0.15, 0.2) is 18.2 Å². The molecule has 0 saturated carbocycles. The maximum atomic E-state index is 11.5. The molecule has 3 rings (SSSR count). The van der Waals surface area contributed by atoms with E-state index in [2.05, 4.69) is 42.3 Å². The van der Waals surface area contributed by atoms with E-state index >= 15 is 0 Å². The fraction of sp³-hybridized carbons (Fsp3) is 0.467. The second kappa shape index (κ2) is 5.05. The molecule has 20 heavy (non-hydrogen) atoms. The lowest BCUT2D eigenvalue weighted by molar-refractivity contribution is -0.125. The van der Waals surface area contributed by atoms with Crippen LogP contribution in [0.2, 0.25) is 0 Å². The van der Waals surface area contributed by atoms with Gasteiger partial charge in [-0.15, -0.1) is 0 Å². The van der Waals surface area contributed by atoms with Gasteiger partial charge in [0.25, 0.3) is 0 Å². The molecular formula is C15H19N3OS. The highest BCUT2D eigenvalue weighted by Gasteiger charge is 2.33. The van der Waals surface area contributed by atoms with Gasteiger partial charge < -0.3 is 10.2 Å². The fourth-order valence-electron chi connectivity index (χ4n) is 2.56. The third kappa shape index (κ3) is 2.16. The van der Waals surface area contributed by atoms with Gasteiger partial charge in [-0.3, -0.25) is 4.79 Å². The summed E-state index contributed by atoms with van der Waals surface area (Å²) in [6, 6.07) is 6.38. The summed E-state index contributed by atoms with van der Waals surface area (Å²) in [4.78, 5) is 18.5. The average molecular weight is 289 g/mol. The minimum Gasteiger partial charge on any atom is -0.359 e. The largest absolute Gasteiger partial charge is 0.359 e. The van der Waals surface area contributed by atoms with Crippen LogP contribution in [0.3, 0.4) is 0 Å². The molecule has 4 nitrogen and oxygen atoms in total. The van der Waals surface area contributed by atoms with Crippen LogP contribution in [-0.4, -0.2) is 31.0 Å². The van der Waals surface area contributed by atoms with Crippen molar-refractivity contribution in [2.75, 3.05) is 25.0 Å². The number of hydrogen-bond acceptors (Lipinski definition) is 4. The number of anilines is 1. The van der Waals surface area contributed by atoms with Crippen LogP contribution in [0.25, 0.3) is 10.2 Å². The van der Waals surface area contributed by atoms with Crippen LogP contribution in [0.1, 0.15) is 25.3 Å². The topological polar surface area (TPSA) is 45.2 Å². The molecule has 0 spiro atoms. The summed E-state index contributed by atoms with van der Waals surface area (Å²) in [6.07, 6.45) is 0. The number of benzene rings is 1. The zero-order valence-corrected chi connectivity index (χ0v) is 12.8. The van der Waals surface area contributed by atoms with Crippen LogP contribution < -0.4 is 10.2 Å². The van der Waals surface area contributed by atoms with Crippen molar-refractivity contribution in [3.63, 3.8) is 0 Å². The van der Waals surface area contributed by atoms with Crippen molar-refractivity contribution in [2.45, 2.75) is 19.8 Å². The number of carbonyl (C=O) groups excluding carboxylic acids is 1. The van der Waals surface area contributed by atoms with Crippen molar-refractivity contribution < 1.29 is 4.79 Å². The van der Waals surface area contributed by atoms with Crippen molar-refractivity contribution in [1.29, 1.82) is 0 Å². The molecule has 0 bridgehead atoms. The Balaban J connectivity index is 1.84. The average Bonchev–Trinajstić information content (AvgIpc) is 2.79. The van der Waals surface area contributed by atoms with Crippen LogP contribution in [0, 0.1) is 5.92 Å². The van der Waals surface area contributed by atoms with Crippen LogP contribution in [0.5, 0.6) is 0 Å². The number of para-hydroxylation sites is 1. The summed E-state index contributed by atoms with van der Waals surface area (Å²) in [6.45, 7) is 5.94. The second-order valence-electron chi connectivity index (χ2n) is 5.56. The van der Waals surface area contributed by atoms with Gasteiger partial charge in [0.15, 0.2) is 5.13 Å². The van der Waals surface area contributed by atoms with E-state index in [-0.39, 0.29) is 11.8 Å². The smallest absolute Gasteiger partial charge is 0.226 e. The molecule has 2 aromatic rings. The first-order valence-electron chi connectivity index (χ1n) is 6.96. The van der Waals surface area contributed by atoms with Crippen LogP contribution in [0.4, 0.5) is 5.13 Å². The zero-order valence-electron chi connectivity index (χ0n) is 12.0. The van der Waals surface area contributed by atoms with Gasteiger partial charge in [-0.2, -0.15) is 0 Å². The van der Waals surface area contributed by atoms with E-state index in [0.717, 1.165) is 23.7 Å². The van der Waals surface area contributed by atoms with Crippen LogP contribution in [-0.2, 0) is 4.79 Å². The maximum absolute atomic E-state index is 11.5. The number of nitrogens with zero attached hydrogens (tertiary/aromatic N) is 2. The Labute approximate surface area is 122 Å². The maximum Gasteiger partial charge on any atom is 0.226 e. The molecule has 1 amide bonds. The van der Waals surface area contributed by atoms with Crippen LogP contribution >= 0.6 is 11.3 Å². The molecule has 2 heterocycles. The number of fused-ring (bicyclic) bond motifs is 1. The SMILES string of the molecule is CNC(=O)C1CN(c2nc3c(C(C)C)cccc3s2)C1. The highest BCUT2D eigenvalue weighted by molar-refractivity contribution is 7.22. The van der Waals surface area contributed by atoms with E-state index in [9.17, 15) is 4.79 Å². The summed E-state index contributed by atoms with van der Waals surface area (Å²) in [5.74, 6) is 0.713. The van der Waals surface area contributed by atoms with Crippen molar-refractivity contribution >= 4 is 32.6 Å². The third-order valence-corrected chi connectivity index (χ3v) is 4.91. The lowest BCUT2D eigenvalue weighted by Crippen LogP contribution is -2.53. The Morgan fingerprint density at radius 2 is 2.20 bits per heavy atom. The van der Waals surface area contributed by atoms with E-state index in [1.807, 2.05) is 0 Å². The number of rotatable bonds is 3. The number of hydrogen-bond donors (Lipinski definition) is 1. The summed E-state index contributed by atoms with van der Waals surface area (Å²) in [5, 5.41) is 3.74. The molecule has 0 unspecified atom stereocenters. The Bertz CT molecular complexity index is 644. The standard InChI is InChI=1S/C15H19N3OS/c1-9(2)11-5-4-6-12-13(11)17-15(20-12)18-7-10(8-18)14(19)16-3/h4-6,9-10H,7-8H2,1-3H3,(H,16,19). The Kier molecular flexibility index (Phi) is 3.38. The molecule has 0 radical (unpaired) electrons. The summed E-state index contributed by atoms with van der Waals surface area (Å²) < 4.78 is 1.23. The van der Waals surface area contributed by atoms with Gasteiger partial charge in [0.05, 0.1) is 16.1 Å². The first-order valence-corrected chi connectivity index (χ1v) is 7.77. The third-order valence-electron chi connectivity index (χ3n) is 3.83. The van der Waals surface area contributed by atoms with Gasteiger partial charge in [-0.1, -0.05) is 37.3 Å². The molecule has 1 aromatic heterocycles. The molecule has 0 atom stereocenters. The fourth-order valence-corrected chi connectivity index (χ4v) is 3.58. The van der Waals surface area contributed by atoms with Gasteiger partial charge >= 0.3 is 0 Å². The summed E-state index contributed by atoms with van der Waals surface area (Å²) in [7, 11) is 1.69. The molecule has 1 saturated heterocycles. The van der Waals surface area contributed by atoms with Crippen molar-refractivity contribution in [3.8, 4) is 0 Å². The lowest BCUT2D eigenvalue weighted by Gasteiger charge is -2.37. The molecule has 1 N–H and O–H groups in total. The number of thiazole rings is 1. The van der Waals surface area contributed by atoms with E-state index in [1.165, 1.54) is 10.3 Å². The number of nitrogens with one attached hydrogen (secondary N) is 1. The molecule has 1 aliphatic rings. The minimum atomic E-state index is 0.108. The summed E-state index contributed by atoms with van der Waals surface area (Å²) >= 11 is 1.72. The van der Waals surface area contributed by atoms with E-state index in [0.29, 0.717) is 5.92 Å². The number of carbonyl (C=O) groups is 1. The van der Waals surface area contributed by atoms with Crippen molar-refractivity contribution in [1.82, 2.24) is 10.3 Å². The molecule has 1 aliphatic heterocycles. The quantitative estimate of drug-likeness (QED) is 0.944. The van der Waals surface area contributed by atoms with E-state index in [1.54, 1.807) is 18.4 Å². The molecule has 5 heteroatoms. The van der Waals surface area contributed by atoms with Crippen molar-refractivity contribution in [2.24, 2.45) is 5.92 Å². The Morgan fingerprint density at radius 3 is 2.85 bits per heavy atom. The summed E-state index contributed by atoms with van der Waals surface area (Å²) in [5.41, 5.74) is 2.42. The van der Waals surface area contributed by atoms with Gasteiger partial charge in [-0.05, 0) is 17.5 Å². The van der Waals surface area contributed by atoms with Crippen molar-refractivity contribution in [3.05, 3.63) is 23.8 Å². The van der Waals surface area contributed by atoms with E-state index < -0.39 is 0 Å². The molecular weight excluding hydrogens is 270 g/mol. The second-order valence-corrected chi connectivity index (χ2v) is 6.57.